The third-order valence-electron chi connectivity index (χ3n) is 2.78. The van der Waals surface area contributed by atoms with E-state index in [1.54, 1.807) is 30.3 Å². The Balaban J connectivity index is 2.40. The zero-order valence-electron chi connectivity index (χ0n) is 11.6. The topological polar surface area (TPSA) is 103 Å². The van der Waals surface area contributed by atoms with Gasteiger partial charge < -0.3 is 19.0 Å². The maximum atomic E-state index is 12.2. The Morgan fingerprint density at radius 2 is 1.91 bits per heavy atom. The van der Waals surface area contributed by atoms with E-state index in [4.69, 9.17) is 14.3 Å². The number of hydrogen-bond acceptors (Lipinski definition) is 6. The fraction of sp³-hybridized carbons (Fsp3) is 0.133. The lowest BCUT2D eigenvalue weighted by molar-refractivity contribution is 0.0583. The first-order valence-electron chi connectivity index (χ1n) is 6.18. The van der Waals surface area contributed by atoms with Crippen molar-refractivity contribution < 1.29 is 28.6 Å². The molecule has 1 heterocycles. The molecule has 0 fully saturated rings. The molecule has 0 aliphatic heterocycles. The van der Waals surface area contributed by atoms with Crippen molar-refractivity contribution in [1.29, 1.82) is 0 Å². The minimum atomic E-state index is -1.48. The predicted molar refractivity (Wildman–Crippen MR) is 74.1 cm³/mol. The zero-order chi connectivity index (χ0) is 16.1. The van der Waals surface area contributed by atoms with Gasteiger partial charge in [0.15, 0.2) is 0 Å². The van der Waals surface area contributed by atoms with E-state index in [1.165, 1.54) is 0 Å². The van der Waals surface area contributed by atoms with E-state index in [0.717, 1.165) is 18.9 Å². The molecule has 0 bridgehead atoms. The molecule has 1 N–H and O–H groups in total. The van der Waals surface area contributed by atoms with Crippen molar-refractivity contribution in [2.75, 3.05) is 7.11 Å². The van der Waals surface area contributed by atoms with Gasteiger partial charge in [0.25, 0.3) is 5.76 Å². The first-order valence-corrected chi connectivity index (χ1v) is 6.18. The van der Waals surface area contributed by atoms with Gasteiger partial charge in [0.2, 0.25) is 11.2 Å². The monoisotopic (exact) mass is 304 g/mol. The number of carboxylic acids is 1. The lowest BCUT2D eigenvalue weighted by Crippen LogP contribution is -2.21. The summed E-state index contributed by atoms with van der Waals surface area (Å²) in [6, 6.07) is 8.82. The van der Waals surface area contributed by atoms with Crippen LogP contribution in [0.4, 0.5) is 0 Å². The normalized spacial score (nSPS) is 10.0. The number of hydrogen-bond donors (Lipinski definition) is 1. The molecule has 0 aliphatic carbocycles. The summed E-state index contributed by atoms with van der Waals surface area (Å²) in [5.41, 5.74) is -0.608. The molecule has 0 aliphatic rings. The quantitative estimate of drug-likeness (QED) is 0.838. The largest absolute Gasteiger partial charge is 0.481 e. The Hall–Kier alpha value is -3.09. The average molecular weight is 304 g/mol. The summed E-state index contributed by atoms with van der Waals surface area (Å²) in [6.45, 7) is -0.0451. The van der Waals surface area contributed by atoms with Crippen molar-refractivity contribution in [3.8, 4) is 5.75 Å². The summed E-state index contributed by atoms with van der Waals surface area (Å²) in [6.07, 6.45) is 0.743. The highest BCUT2D eigenvalue weighted by molar-refractivity contribution is 5.92. The molecule has 0 saturated carbocycles. The summed E-state index contributed by atoms with van der Waals surface area (Å²) in [4.78, 5) is 34.7. The summed E-state index contributed by atoms with van der Waals surface area (Å²) < 4.78 is 14.5. The van der Waals surface area contributed by atoms with Crippen LogP contribution in [0.25, 0.3) is 0 Å². The van der Waals surface area contributed by atoms with Crippen molar-refractivity contribution in [3.63, 3.8) is 0 Å². The van der Waals surface area contributed by atoms with Crippen molar-refractivity contribution in [1.82, 2.24) is 0 Å². The molecule has 22 heavy (non-hydrogen) atoms. The number of methoxy groups -OCH3 is 1. The summed E-state index contributed by atoms with van der Waals surface area (Å²) in [5.74, 6) is -3.63. The second-order valence-electron chi connectivity index (χ2n) is 4.21. The molecular weight excluding hydrogens is 292 g/mol. The van der Waals surface area contributed by atoms with Crippen LogP contribution in [0.1, 0.15) is 26.5 Å². The number of esters is 1. The van der Waals surface area contributed by atoms with Crippen LogP contribution in [0, 0.1) is 0 Å². The average Bonchev–Trinajstić information content (AvgIpc) is 2.53. The molecule has 114 valence electrons. The van der Waals surface area contributed by atoms with Gasteiger partial charge in [-0.05, 0) is 5.56 Å². The van der Waals surface area contributed by atoms with Crippen LogP contribution in [0.5, 0.6) is 5.75 Å². The highest BCUT2D eigenvalue weighted by Gasteiger charge is 2.24. The Morgan fingerprint density at radius 1 is 1.23 bits per heavy atom. The van der Waals surface area contributed by atoms with Gasteiger partial charge in [0, 0.05) is 0 Å². The van der Waals surface area contributed by atoms with Gasteiger partial charge in [-0.25, -0.2) is 9.59 Å². The van der Waals surface area contributed by atoms with Crippen LogP contribution in [-0.4, -0.2) is 24.2 Å². The number of carboxylic acid groups (broad SMARTS) is 1. The van der Waals surface area contributed by atoms with E-state index in [1.807, 2.05) is 0 Å². The third kappa shape index (κ3) is 3.14. The zero-order valence-corrected chi connectivity index (χ0v) is 11.6. The van der Waals surface area contributed by atoms with Gasteiger partial charge in [-0.2, -0.15) is 0 Å². The number of carbonyl (C=O) groups excluding carboxylic acids is 1. The number of benzene rings is 1. The fourth-order valence-corrected chi connectivity index (χ4v) is 1.71. The van der Waals surface area contributed by atoms with Gasteiger partial charge in [-0.1, -0.05) is 30.3 Å². The van der Waals surface area contributed by atoms with E-state index in [2.05, 4.69) is 4.74 Å². The number of carbonyl (C=O) groups is 2. The number of rotatable bonds is 5. The SMILES string of the molecule is COC(=O)c1coc(C(=O)O)c(OCc2ccccc2)c1=O. The van der Waals surface area contributed by atoms with Crippen LogP contribution < -0.4 is 10.2 Å². The molecule has 2 aromatic rings. The Kier molecular flexibility index (Phi) is 4.57. The summed E-state index contributed by atoms with van der Waals surface area (Å²) >= 11 is 0. The van der Waals surface area contributed by atoms with E-state index in [9.17, 15) is 14.4 Å². The predicted octanol–water partition coefficient (Wildman–Crippen LogP) is 1.70. The van der Waals surface area contributed by atoms with Gasteiger partial charge in [-0.15, -0.1) is 0 Å². The maximum absolute atomic E-state index is 12.2. The lowest BCUT2D eigenvalue weighted by atomic mass is 10.2. The fourth-order valence-electron chi connectivity index (χ4n) is 1.71. The number of aromatic carboxylic acids is 1. The van der Waals surface area contributed by atoms with Gasteiger partial charge in [0.05, 0.1) is 7.11 Å². The standard InChI is InChI=1S/C15H12O7/c1-20-15(19)10-8-22-13(14(17)18)12(11(10)16)21-7-9-5-3-2-4-6-9/h2-6,8H,7H2,1H3,(H,17,18). The molecule has 7 nitrogen and oxygen atoms in total. The minimum absolute atomic E-state index is 0.0451. The van der Waals surface area contributed by atoms with Crippen LogP contribution in [0.15, 0.2) is 45.8 Å². The molecule has 7 heteroatoms. The first-order chi connectivity index (χ1) is 10.5. The lowest BCUT2D eigenvalue weighted by Gasteiger charge is -2.08. The molecule has 0 spiro atoms. The Labute approximate surface area is 124 Å². The Bertz CT molecular complexity index is 746. The molecular formula is C15H12O7. The highest BCUT2D eigenvalue weighted by Crippen LogP contribution is 2.17. The van der Waals surface area contributed by atoms with Crippen LogP contribution >= 0.6 is 0 Å². The van der Waals surface area contributed by atoms with Crippen molar-refractivity contribution in [2.45, 2.75) is 6.61 Å². The second kappa shape index (κ2) is 6.57. The van der Waals surface area contributed by atoms with Gasteiger partial charge in [-0.3, -0.25) is 4.79 Å². The first kappa shape index (κ1) is 15.3. The molecule has 0 radical (unpaired) electrons. The summed E-state index contributed by atoms with van der Waals surface area (Å²) in [7, 11) is 1.09. The number of ether oxygens (including phenoxy) is 2. The second-order valence-corrected chi connectivity index (χ2v) is 4.21. The van der Waals surface area contributed by atoms with Gasteiger partial charge >= 0.3 is 11.9 Å². The Morgan fingerprint density at radius 3 is 2.50 bits per heavy atom. The molecule has 1 aromatic carbocycles. The van der Waals surface area contributed by atoms with Crippen LogP contribution in [-0.2, 0) is 11.3 Å². The van der Waals surface area contributed by atoms with Crippen LogP contribution in [0.3, 0.4) is 0 Å². The van der Waals surface area contributed by atoms with E-state index in [-0.39, 0.29) is 6.61 Å². The van der Waals surface area contributed by atoms with Gasteiger partial charge in [0.1, 0.15) is 18.4 Å². The van der Waals surface area contributed by atoms with Crippen LogP contribution in [0.2, 0.25) is 0 Å². The molecule has 0 saturated heterocycles. The molecule has 2 rings (SSSR count). The van der Waals surface area contributed by atoms with Crippen molar-refractivity contribution in [2.24, 2.45) is 0 Å². The van der Waals surface area contributed by atoms with E-state index < -0.39 is 34.4 Å². The van der Waals surface area contributed by atoms with Crippen molar-refractivity contribution in [3.05, 3.63) is 63.7 Å². The summed E-state index contributed by atoms with van der Waals surface area (Å²) in [5, 5.41) is 9.05. The van der Waals surface area contributed by atoms with E-state index >= 15 is 0 Å². The van der Waals surface area contributed by atoms with E-state index in [0.29, 0.717) is 0 Å². The smallest absolute Gasteiger partial charge is 0.375 e. The third-order valence-corrected chi connectivity index (χ3v) is 2.78. The molecule has 1 aromatic heterocycles. The molecule has 0 unspecified atom stereocenters. The van der Waals surface area contributed by atoms with Crippen molar-refractivity contribution >= 4 is 11.9 Å². The molecule has 0 atom stereocenters. The maximum Gasteiger partial charge on any atom is 0.375 e. The molecule has 0 amide bonds. The minimum Gasteiger partial charge on any atom is -0.481 e. The highest BCUT2D eigenvalue weighted by atomic mass is 16.5.